The van der Waals surface area contributed by atoms with E-state index in [0.29, 0.717) is 12.1 Å². The first-order valence-corrected chi connectivity index (χ1v) is 7.61. The van der Waals surface area contributed by atoms with E-state index in [1.165, 1.54) is 25.8 Å². The third-order valence-electron chi connectivity index (χ3n) is 3.65. The lowest BCUT2D eigenvalue weighted by molar-refractivity contribution is 0.102. The Balaban J connectivity index is 2.03. The fourth-order valence-electron chi connectivity index (χ4n) is 2.69. The summed E-state index contributed by atoms with van der Waals surface area (Å²) in [6, 6.07) is 1.20. The van der Waals surface area contributed by atoms with Crippen LogP contribution in [-0.4, -0.2) is 34.3 Å². The molecule has 1 fully saturated rings. The number of thiazole rings is 1. The Bertz CT molecular complexity index is 414. The monoisotopic (exact) mass is 266 g/mol. The molecule has 3 nitrogen and oxygen atoms in total. The highest BCUT2D eigenvalue weighted by Gasteiger charge is 2.25. The van der Waals surface area contributed by atoms with Crippen molar-refractivity contribution in [2.75, 3.05) is 6.54 Å². The van der Waals surface area contributed by atoms with E-state index < -0.39 is 0 Å². The highest BCUT2D eigenvalue weighted by molar-refractivity contribution is 7.13. The van der Waals surface area contributed by atoms with Crippen LogP contribution in [0.1, 0.15) is 54.7 Å². The zero-order valence-electron chi connectivity index (χ0n) is 11.5. The smallest absolute Gasteiger partial charge is 0.171 e. The summed E-state index contributed by atoms with van der Waals surface area (Å²) in [5.41, 5.74) is 0. The van der Waals surface area contributed by atoms with Crippen LogP contribution in [0.3, 0.4) is 0 Å². The minimum atomic E-state index is 0.128. The maximum atomic E-state index is 11.3. The second-order valence-electron chi connectivity index (χ2n) is 5.36. The van der Waals surface area contributed by atoms with Gasteiger partial charge in [-0.2, -0.15) is 0 Å². The summed E-state index contributed by atoms with van der Waals surface area (Å²) in [5.74, 6) is 0.128. The average molecular weight is 266 g/mol. The topological polar surface area (TPSA) is 33.2 Å². The molecule has 0 amide bonds. The Labute approximate surface area is 113 Å². The van der Waals surface area contributed by atoms with Gasteiger partial charge in [-0.05, 0) is 33.2 Å². The van der Waals surface area contributed by atoms with E-state index in [2.05, 4.69) is 23.7 Å². The molecular formula is C14H22N2OS. The highest BCUT2D eigenvalue weighted by Crippen LogP contribution is 2.24. The van der Waals surface area contributed by atoms with Crippen LogP contribution >= 0.6 is 11.3 Å². The molecule has 4 heteroatoms. The van der Waals surface area contributed by atoms with E-state index >= 15 is 0 Å². The van der Waals surface area contributed by atoms with Gasteiger partial charge in [-0.3, -0.25) is 9.69 Å². The predicted octanol–water partition coefficient (Wildman–Crippen LogP) is 3.15. The summed E-state index contributed by atoms with van der Waals surface area (Å²) >= 11 is 1.56. The molecule has 100 valence electrons. The first kappa shape index (κ1) is 13.7. The van der Waals surface area contributed by atoms with E-state index in [9.17, 15) is 4.79 Å². The molecule has 1 aliphatic rings. The summed E-state index contributed by atoms with van der Waals surface area (Å²) < 4.78 is 0. The van der Waals surface area contributed by atoms with Crippen molar-refractivity contribution in [3.63, 3.8) is 0 Å². The molecule has 0 bridgehead atoms. The third-order valence-corrected chi connectivity index (χ3v) is 4.77. The van der Waals surface area contributed by atoms with E-state index in [4.69, 9.17) is 0 Å². The minimum absolute atomic E-state index is 0.128. The van der Waals surface area contributed by atoms with Crippen molar-refractivity contribution in [3.05, 3.63) is 16.1 Å². The molecule has 1 unspecified atom stereocenters. The first-order chi connectivity index (χ1) is 8.58. The quantitative estimate of drug-likeness (QED) is 0.785. The van der Waals surface area contributed by atoms with Crippen LogP contribution in [0.2, 0.25) is 0 Å². The highest BCUT2D eigenvalue weighted by atomic mass is 32.1. The maximum Gasteiger partial charge on any atom is 0.171 e. The van der Waals surface area contributed by atoms with Gasteiger partial charge in [0, 0.05) is 31.6 Å². The lowest BCUT2D eigenvalue weighted by atomic mass is 9.98. The van der Waals surface area contributed by atoms with Gasteiger partial charge in [0.15, 0.2) is 5.78 Å². The Morgan fingerprint density at radius 3 is 2.94 bits per heavy atom. The molecule has 0 radical (unpaired) electrons. The predicted molar refractivity (Wildman–Crippen MR) is 75.3 cm³/mol. The molecule has 0 N–H and O–H groups in total. The van der Waals surface area contributed by atoms with Crippen LogP contribution < -0.4 is 0 Å². The van der Waals surface area contributed by atoms with Gasteiger partial charge in [0.1, 0.15) is 0 Å². The van der Waals surface area contributed by atoms with Crippen LogP contribution in [0.15, 0.2) is 6.20 Å². The Morgan fingerprint density at radius 1 is 1.56 bits per heavy atom. The van der Waals surface area contributed by atoms with Gasteiger partial charge < -0.3 is 0 Å². The molecule has 0 spiro atoms. The van der Waals surface area contributed by atoms with Crippen molar-refractivity contribution >= 4 is 17.1 Å². The molecule has 0 aromatic carbocycles. The molecule has 1 atom stereocenters. The molecule has 1 aliphatic heterocycles. The van der Waals surface area contributed by atoms with Gasteiger partial charge in [0.2, 0.25) is 0 Å². The van der Waals surface area contributed by atoms with Crippen LogP contribution in [0, 0.1) is 0 Å². The molecule has 18 heavy (non-hydrogen) atoms. The van der Waals surface area contributed by atoms with E-state index in [1.807, 2.05) is 0 Å². The lowest BCUT2D eigenvalue weighted by Crippen LogP contribution is -2.44. The number of aromatic nitrogens is 1. The van der Waals surface area contributed by atoms with Crippen LogP contribution in [0.5, 0.6) is 0 Å². The summed E-state index contributed by atoms with van der Waals surface area (Å²) in [6.07, 6.45) is 6.61. The van der Waals surface area contributed by atoms with Gasteiger partial charge in [0.05, 0.1) is 9.88 Å². The Hall–Kier alpha value is -0.740. The van der Waals surface area contributed by atoms with Crippen molar-refractivity contribution in [2.24, 2.45) is 0 Å². The number of hydrogen-bond acceptors (Lipinski definition) is 4. The van der Waals surface area contributed by atoms with Crippen LogP contribution in [-0.2, 0) is 6.42 Å². The van der Waals surface area contributed by atoms with Crippen LogP contribution in [0.25, 0.3) is 0 Å². The second kappa shape index (κ2) is 5.93. The number of nitrogens with zero attached hydrogens (tertiary/aromatic N) is 2. The SMILES string of the molecule is CC(=O)c1cnc(CC2CCCCN2C(C)C)s1. The largest absolute Gasteiger partial charge is 0.298 e. The van der Waals surface area contributed by atoms with E-state index in [1.54, 1.807) is 24.5 Å². The summed E-state index contributed by atoms with van der Waals surface area (Å²) in [7, 11) is 0. The van der Waals surface area contributed by atoms with E-state index in [0.717, 1.165) is 16.3 Å². The summed E-state index contributed by atoms with van der Waals surface area (Å²) in [6.45, 7) is 7.34. The number of ketones is 1. The molecule has 1 aromatic rings. The van der Waals surface area contributed by atoms with E-state index in [-0.39, 0.29) is 5.78 Å². The number of likely N-dealkylation sites (tertiary alicyclic amines) is 1. The Morgan fingerprint density at radius 2 is 2.33 bits per heavy atom. The standard InChI is InChI=1S/C14H22N2OS/c1-10(2)16-7-5-4-6-12(16)8-14-15-9-13(18-14)11(3)17/h9-10,12H,4-8H2,1-3H3. The molecule has 2 heterocycles. The zero-order valence-corrected chi connectivity index (χ0v) is 12.3. The van der Waals surface area contributed by atoms with Crippen molar-refractivity contribution < 1.29 is 4.79 Å². The van der Waals surface area contributed by atoms with Gasteiger partial charge >= 0.3 is 0 Å². The maximum absolute atomic E-state index is 11.3. The number of piperidine rings is 1. The van der Waals surface area contributed by atoms with Gasteiger partial charge in [-0.25, -0.2) is 4.98 Å². The summed E-state index contributed by atoms with van der Waals surface area (Å²) in [4.78, 5) is 19.1. The van der Waals surface area contributed by atoms with Crippen LogP contribution in [0.4, 0.5) is 0 Å². The zero-order chi connectivity index (χ0) is 13.1. The molecule has 2 rings (SSSR count). The van der Waals surface area contributed by atoms with Crippen molar-refractivity contribution in [1.82, 2.24) is 9.88 Å². The molecule has 0 saturated carbocycles. The third kappa shape index (κ3) is 3.18. The number of rotatable bonds is 4. The molecule has 0 aliphatic carbocycles. The van der Waals surface area contributed by atoms with Crippen molar-refractivity contribution in [1.29, 1.82) is 0 Å². The fourth-order valence-corrected chi connectivity index (χ4v) is 3.57. The summed E-state index contributed by atoms with van der Waals surface area (Å²) in [5, 5.41) is 1.11. The number of hydrogen-bond donors (Lipinski definition) is 0. The van der Waals surface area contributed by atoms with Gasteiger partial charge in [0.25, 0.3) is 0 Å². The van der Waals surface area contributed by atoms with Crippen molar-refractivity contribution in [3.8, 4) is 0 Å². The number of carbonyl (C=O) groups excluding carboxylic acids is 1. The number of Topliss-reactive ketones (excluding diaryl/α,β-unsaturated/α-hetero) is 1. The fraction of sp³-hybridized carbons (Fsp3) is 0.714. The normalized spacial score (nSPS) is 21.4. The number of carbonyl (C=O) groups is 1. The Kier molecular flexibility index (Phi) is 4.51. The average Bonchev–Trinajstić information content (AvgIpc) is 2.78. The van der Waals surface area contributed by atoms with Gasteiger partial charge in [-0.15, -0.1) is 11.3 Å². The molecule has 1 saturated heterocycles. The second-order valence-corrected chi connectivity index (χ2v) is 6.47. The first-order valence-electron chi connectivity index (χ1n) is 6.79. The minimum Gasteiger partial charge on any atom is -0.298 e. The van der Waals surface area contributed by atoms with Gasteiger partial charge in [-0.1, -0.05) is 6.42 Å². The van der Waals surface area contributed by atoms with Crippen molar-refractivity contribution in [2.45, 2.75) is 58.5 Å². The molecule has 1 aromatic heterocycles. The lowest BCUT2D eigenvalue weighted by Gasteiger charge is -2.38. The molecular weight excluding hydrogens is 244 g/mol.